The van der Waals surface area contributed by atoms with E-state index in [1.54, 1.807) is 12.1 Å². The molecule has 0 unspecified atom stereocenters. The van der Waals surface area contributed by atoms with Gasteiger partial charge in [-0.3, -0.25) is 0 Å². The number of aromatic hydroxyl groups is 10. The van der Waals surface area contributed by atoms with Gasteiger partial charge in [-0.15, -0.1) is 0 Å². The standard InChI is InChI=1S/C27H24O10/c28-18-4-1-13(22(32)25(18)35)7-12-8-16(10-14-2-5-19(29)26(36)23(14)33)21(31)17(9-12)11-15-3-6-20(30)27(37)24(15)34/h1-6,8-9,28-37H,7,10-11H2. The molecule has 10 N–H and O–H groups in total. The highest BCUT2D eigenvalue weighted by Crippen LogP contribution is 2.42. The highest BCUT2D eigenvalue weighted by Gasteiger charge is 2.19. The molecule has 0 aliphatic rings. The van der Waals surface area contributed by atoms with Gasteiger partial charge in [0.25, 0.3) is 0 Å². The minimum Gasteiger partial charge on any atom is -0.507 e. The van der Waals surface area contributed by atoms with Gasteiger partial charge >= 0.3 is 0 Å². The summed E-state index contributed by atoms with van der Waals surface area (Å²) in [5.41, 5.74) is 1.70. The van der Waals surface area contributed by atoms with Crippen LogP contribution in [0.5, 0.6) is 57.5 Å². The van der Waals surface area contributed by atoms with Crippen molar-refractivity contribution in [1.29, 1.82) is 0 Å². The van der Waals surface area contributed by atoms with Crippen LogP contribution in [0.1, 0.15) is 33.4 Å². The number of phenolic OH excluding ortho intramolecular Hbond substituents is 10. The lowest BCUT2D eigenvalue weighted by Gasteiger charge is -2.16. The van der Waals surface area contributed by atoms with Gasteiger partial charge in [-0.2, -0.15) is 0 Å². The number of hydrogen-bond donors (Lipinski definition) is 10. The smallest absolute Gasteiger partial charge is 0.200 e. The summed E-state index contributed by atoms with van der Waals surface area (Å²) in [5, 5.41) is 100. The van der Waals surface area contributed by atoms with Crippen LogP contribution in [-0.2, 0) is 19.3 Å². The van der Waals surface area contributed by atoms with Gasteiger partial charge < -0.3 is 51.1 Å². The second-order valence-electron chi connectivity index (χ2n) is 8.62. The van der Waals surface area contributed by atoms with E-state index in [0.29, 0.717) is 5.56 Å². The van der Waals surface area contributed by atoms with Crippen molar-refractivity contribution in [3.63, 3.8) is 0 Å². The first-order chi connectivity index (χ1) is 17.5. The Bertz CT molecular complexity index is 1430. The van der Waals surface area contributed by atoms with E-state index in [0.717, 1.165) is 0 Å². The average Bonchev–Trinajstić information content (AvgIpc) is 2.87. The second-order valence-corrected chi connectivity index (χ2v) is 8.62. The summed E-state index contributed by atoms with van der Waals surface area (Å²) < 4.78 is 0. The molecule has 0 spiro atoms. The molecule has 0 bridgehead atoms. The van der Waals surface area contributed by atoms with Crippen LogP contribution in [0.4, 0.5) is 0 Å². The first-order valence-electron chi connectivity index (χ1n) is 11.0. The van der Waals surface area contributed by atoms with E-state index in [-0.39, 0.29) is 52.8 Å². The summed E-state index contributed by atoms with van der Waals surface area (Å²) in [7, 11) is 0. The Kier molecular flexibility index (Phi) is 6.41. The first-order valence-corrected chi connectivity index (χ1v) is 11.0. The molecule has 0 saturated carbocycles. The van der Waals surface area contributed by atoms with Gasteiger partial charge in [0.2, 0.25) is 17.2 Å². The molecule has 4 aromatic rings. The molecule has 0 radical (unpaired) electrons. The monoisotopic (exact) mass is 508 g/mol. The summed E-state index contributed by atoms with van der Waals surface area (Å²) in [6.07, 6.45) is -0.141. The van der Waals surface area contributed by atoms with E-state index in [1.807, 2.05) is 0 Å². The van der Waals surface area contributed by atoms with Gasteiger partial charge in [0.15, 0.2) is 34.5 Å². The third-order valence-electron chi connectivity index (χ3n) is 6.12. The van der Waals surface area contributed by atoms with Crippen molar-refractivity contribution >= 4 is 0 Å². The highest BCUT2D eigenvalue weighted by molar-refractivity contribution is 5.59. The lowest BCUT2D eigenvalue weighted by atomic mass is 9.92. The van der Waals surface area contributed by atoms with Crippen molar-refractivity contribution in [1.82, 2.24) is 0 Å². The zero-order valence-corrected chi connectivity index (χ0v) is 19.2. The van der Waals surface area contributed by atoms with Gasteiger partial charge in [-0.25, -0.2) is 0 Å². The van der Waals surface area contributed by atoms with E-state index in [4.69, 9.17) is 0 Å². The maximum atomic E-state index is 11.1. The van der Waals surface area contributed by atoms with Crippen LogP contribution < -0.4 is 0 Å². The molecular formula is C27H24O10. The molecule has 4 rings (SSSR count). The van der Waals surface area contributed by atoms with Gasteiger partial charge in [0, 0.05) is 36.0 Å². The Hall–Kier alpha value is -5.12. The fourth-order valence-electron chi connectivity index (χ4n) is 4.09. The maximum absolute atomic E-state index is 11.1. The predicted octanol–water partition coefficient (Wildman–Crippen LogP) is 3.52. The van der Waals surface area contributed by atoms with Gasteiger partial charge in [-0.1, -0.05) is 30.3 Å². The minimum absolute atomic E-state index is 0.0412. The third kappa shape index (κ3) is 4.72. The number of hydrogen-bond acceptors (Lipinski definition) is 10. The summed E-state index contributed by atoms with van der Waals surface area (Å²) in [6, 6.07) is 10.8. The van der Waals surface area contributed by atoms with Crippen LogP contribution in [0.3, 0.4) is 0 Å². The summed E-state index contributed by atoms with van der Waals surface area (Å²) in [6.45, 7) is 0. The fourth-order valence-corrected chi connectivity index (χ4v) is 4.09. The molecule has 0 amide bonds. The van der Waals surface area contributed by atoms with Crippen LogP contribution in [0, 0.1) is 0 Å². The van der Waals surface area contributed by atoms with Crippen molar-refractivity contribution in [3.8, 4) is 57.5 Å². The fraction of sp³-hybridized carbons (Fsp3) is 0.111. The van der Waals surface area contributed by atoms with E-state index in [1.165, 1.54) is 36.4 Å². The largest absolute Gasteiger partial charge is 0.507 e. The summed E-state index contributed by atoms with van der Waals surface area (Å²) in [4.78, 5) is 0. The Morgan fingerprint density at radius 2 is 0.649 bits per heavy atom. The van der Waals surface area contributed by atoms with Crippen LogP contribution in [0.25, 0.3) is 0 Å². The number of benzene rings is 4. The van der Waals surface area contributed by atoms with E-state index in [2.05, 4.69) is 0 Å². The summed E-state index contributed by atoms with van der Waals surface area (Å²) in [5.74, 6) is -5.58. The Labute approximate surface area is 210 Å². The lowest BCUT2D eigenvalue weighted by molar-refractivity contribution is 0.365. The van der Waals surface area contributed by atoms with Crippen molar-refractivity contribution in [2.45, 2.75) is 19.3 Å². The summed E-state index contributed by atoms with van der Waals surface area (Å²) >= 11 is 0. The zero-order chi connectivity index (χ0) is 27.0. The molecule has 37 heavy (non-hydrogen) atoms. The molecule has 0 heterocycles. The molecule has 10 heteroatoms. The number of rotatable bonds is 6. The molecule has 192 valence electrons. The van der Waals surface area contributed by atoms with Crippen molar-refractivity contribution < 1.29 is 51.1 Å². The van der Waals surface area contributed by atoms with E-state index < -0.39 is 51.7 Å². The molecule has 0 aromatic heterocycles. The Balaban J connectivity index is 1.82. The molecule has 0 aliphatic heterocycles. The van der Waals surface area contributed by atoms with Crippen molar-refractivity contribution in [3.05, 3.63) is 81.9 Å². The second kappa shape index (κ2) is 9.50. The topological polar surface area (TPSA) is 202 Å². The predicted molar refractivity (Wildman–Crippen MR) is 131 cm³/mol. The van der Waals surface area contributed by atoms with Crippen LogP contribution >= 0.6 is 0 Å². The van der Waals surface area contributed by atoms with Crippen molar-refractivity contribution in [2.75, 3.05) is 0 Å². The van der Waals surface area contributed by atoms with Gasteiger partial charge in [-0.05, 0) is 34.9 Å². The molecule has 0 atom stereocenters. The van der Waals surface area contributed by atoms with Crippen molar-refractivity contribution in [2.24, 2.45) is 0 Å². The quantitative estimate of drug-likeness (QED) is 0.172. The highest BCUT2D eigenvalue weighted by atomic mass is 16.3. The molecular weight excluding hydrogens is 484 g/mol. The molecule has 4 aromatic carbocycles. The van der Waals surface area contributed by atoms with Crippen LogP contribution in [0.2, 0.25) is 0 Å². The van der Waals surface area contributed by atoms with Gasteiger partial charge in [0.1, 0.15) is 5.75 Å². The van der Waals surface area contributed by atoms with Crippen LogP contribution in [-0.4, -0.2) is 51.1 Å². The van der Waals surface area contributed by atoms with E-state index >= 15 is 0 Å². The van der Waals surface area contributed by atoms with Crippen LogP contribution in [0.15, 0.2) is 48.5 Å². The molecule has 0 fully saturated rings. The Morgan fingerprint density at radius 3 is 1.00 bits per heavy atom. The Morgan fingerprint density at radius 1 is 0.324 bits per heavy atom. The maximum Gasteiger partial charge on any atom is 0.200 e. The normalized spacial score (nSPS) is 11.0. The molecule has 0 aliphatic carbocycles. The van der Waals surface area contributed by atoms with Gasteiger partial charge in [0.05, 0.1) is 0 Å². The lowest BCUT2D eigenvalue weighted by Crippen LogP contribution is -2.00. The molecule has 10 nitrogen and oxygen atoms in total. The third-order valence-corrected chi connectivity index (χ3v) is 6.12. The zero-order valence-electron chi connectivity index (χ0n) is 19.2. The first kappa shape index (κ1) is 25.0. The van der Waals surface area contributed by atoms with E-state index in [9.17, 15) is 51.1 Å². The minimum atomic E-state index is -0.720. The number of phenols is 10. The SMILES string of the molecule is Oc1ccc(Cc2cc(Cc3ccc(O)c(O)c3O)c(O)c(Cc3ccc(O)c(O)c3O)c2)c(O)c1O. The molecule has 0 saturated heterocycles. The average molecular weight is 508 g/mol.